The van der Waals surface area contributed by atoms with E-state index in [9.17, 15) is 5.11 Å². The maximum atomic E-state index is 10.3. The van der Waals surface area contributed by atoms with Gasteiger partial charge in [0, 0.05) is 4.90 Å². The maximum absolute atomic E-state index is 10.3. The molecule has 0 aliphatic rings. The molecule has 0 aliphatic carbocycles. The minimum Gasteiger partial charge on any atom is -0.384 e. The Morgan fingerprint density at radius 1 is 0.947 bits per heavy atom. The van der Waals surface area contributed by atoms with E-state index in [4.69, 9.17) is 0 Å². The lowest BCUT2D eigenvalue weighted by molar-refractivity contribution is 0.220. The molecular weight excluding hydrogens is 252 g/mol. The summed E-state index contributed by atoms with van der Waals surface area (Å²) < 4.78 is 0. The van der Waals surface area contributed by atoms with Crippen LogP contribution >= 0.6 is 11.8 Å². The Morgan fingerprint density at radius 2 is 1.58 bits per heavy atom. The normalized spacial score (nSPS) is 12.3. The van der Waals surface area contributed by atoms with Gasteiger partial charge in [-0.3, -0.25) is 0 Å². The monoisotopic (exact) mass is 272 g/mol. The van der Waals surface area contributed by atoms with E-state index < -0.39 is 6.10 Å². The Hall–Kier alpha value is -1.25. The first kappa shape index (κ1) is 14.2. The fourth-order valence-corrected chi connectivity index (χ4v) is 2.91. The molecule has 0 saturated heterocycles. The molecule has 0 spiro atoms. The highest BCUT2D eigenvalue weighted by Crippen LogP contribution is 2.25. The molecule has 2 aromatic rings. The van der Waals surface area contributed by atoms with Gasteiger partial charge in [0.25, 0.3) is 0 Å². The first-order chi connectivity index (χ1) is 9.31. The van der Waals surface area contributed by atoms with Crippen molar-refractivity contribution in [2.75, 3.05) is 5.75 Å². The quantitative estimate of drug-likeness (QED) is 0.609. The van der Waals surface area contributed by atoms with Crippen LogP contribution in [0.25, 0.3) is 0 Å². The summed E-state index contributed by atoms with van der Waals surface area (Å²) in [7, 11) is 0. The molecule has 1 N–H and O–H groups in total. The van der Waals surface area contributed by atoms with Crippen molar-refractivity contribution in [1.82, 2.24) is 0 Å². The van der Waals surface area contributed by atoms with Crippen molar-refractivity contribution in [3.05, 3.63) is 65.7 Å². The zero-order valence-corrected chi connectivity index (χ0v) is 12.1. The first-order valence-corrected chi connectivity index (χ1v) is 7.75. The highest BCUT2D eigenvalue weighted by molar-refractivity contribution is 7.99. The lowest BCUT2D eigenvalue weighted by Crippen LogP contribution is -1.98. The Balaban J connectivity index is 2.02. The predicted molar refractivity (Wildman–Crippen MR) is 82.6 cm³/mol. The molecule has 1 atom stereocenters. The maximum Gasteiger partial charge on any atom is 0.104 e. The van der Waals surface area contributed by atoms with Crippen molar-refractivity contribution in [1.29, 1.82) is 0 Å². The average molecular weight is 272 g/mol. The van der Waals surface area contributed by atoms with E-state index in [0.29, 0.717) is 0 Å². The van der Waals surface area contributed by atoms with Crippen LogP contribution in [0, 0.1) is 0 Å². The molecule has 0 bridgehead atoms. The van der Waals surface area contributed by atoms with E-state index in [1.807, 2.05) is 54.2 Å². The van der Waals surface area contributed by atoms with E-state index in [1.54, 1.807) is 0 Å². The highest BCUT2D eigenvalue weighted by Gasteiger charge is 2.09. The molecule has 0 heterocycles. The number of rotatable bonds is 6. The van der Waals surface area contributed by atoms with E-state index >= 15 is 0 Å². The number of aliphatic hydroxyl groups is 1. The molecule has 1 unspecified atom stereocenters. The number of aliphatic hydroxyl groups excluding tert-OH is 1. The number of benzene rings is 2. The third-order valence-corrected chi connectivity index (χ3v) is 4.18. The van der Waals surface area contributed by atoms with Crippen LogP contribution in [0.4, 0.5) is 0 Å². The lowest BCUT2D eigenvalue weighted by Gasteiger charge is -2.11. The average Bonchev–Trinajstić information content (AvgIpc) is 2.48. The summed E-state index contributed by atoms with van der Waals surface area (Å²) in [6.45, 7) is 2.21. The molecular formula is C17H20OS. The summed E-state index contributed by atoms with van der Waals surface area (Å²) in [4.78, 5) is 1.28. The second-order valence-corrected chi connectivity index (χ2v) is 5.75. The molecule has 100 valence electrons. The summed E-state index contributed by atoms with van der Waals surface area (Å²) in [6, 6.07) is 18.0. The smallest absolute Gasteiger partial charge is 0.104 e. The van der Waals surface area contributed by atoms with Gasteiger partial charge in [-0.25, -0.2) is 0 Å². The summed E-state index contributed by atoms with van der Waals surface area (Å²) in [5.74, 6) is 1.16. The van der Waals surface area contributed by atoms with Crippen molar-refractivity contribution < 1.29 is 5.11 Å². The van der Waals surface area contributed by atoms with Crippen LogP contribution in [0.3, 0.4) is 0 Å². The van der Waals surface area contributed by atoms with Gasteiger partial charge in [0.2, 0.25) is 0 Å². The lowest BCUT2D eigenvalue weighted by atomic mass is 10.0. The van der Waals surface area contributed by atoms with Crippen molar-refractivity contribution in [3.8, 4) is 0 Å². The minimum absolute atomic E-state index is 0.532. The fourth-order valence-electron chi connectivity index (χ4n) is 1.91. The Morgan fingerprint density at radius 3 is 2.21 bits per heavy atom. The van der Waals surface area contributed by atoms with Gasteiger partial charge >= 0.3 is 0 Å². The molecule has 0 amide bonds. The third-order valence-electron chi connectivity index (χ3n) is 3.08. The zero-order valence-electron chi connectivity index (χ0n) is 11.3. The van der Waals surface area contributed by atoms with Gasteiger partial charge in [0.1, 0.15) is 6.10 Å². The van der Waals surface area contributed by atoms with Crippen LogP contribution in [0.5, 0.6) is 0 Å². The molecule has 0 aromatic heterocycles. The van der Waals surface area contributed by atoms with Crippen LogP contribution in [-0.4, -0.2) is 10.9 Å². The van der Waals surface area contributed by atoms with Crippen LogP contribution in [0.2, 0.25) is 0 Å². The van der Waals surface area contributed by atoms with Crippen molar-refractivity contribution in [2.24, 2.45) is 0 Å². The zero-order chi connectivity index (χ0) is 13.5. The van der Waals surface area contributed by atoms with Gasteiger partial charge in [0.05, 0.1) is 0 Å². The van der Waals surface area contributed by atoms with Crippen LogP contribution in [-0.2, 0) is 0 Å². The highest BCUT2D eigenvalue weighted by atomic mass is 32.2. The largest absolute Gasteiger partial charge is 0.384 e. The first-order valence-electron chi connectivity index (χ1n) is 6.77. The van der Waals surface area contributed by atoms with E-state index in [0.717, 1.165) is 16.9 Å². The number of hydrogen-bond donors (Lipinski definition) is 1. The molecule has 0 saturated carbocycles. The molecule has 1 nitrogen and oxygen atoms in total. The number of unbranched alkanes of at least 4 members (excludes halogenated alkanes) is 1. The Bertz CT molecular complexity index is 478. The van der Waals surface area contributed by atoms with Crippen molar-refractivity contribution >= 4 is 11.8 Å². The second-order valence-electron chi connectivity index (χ2n) is 4.58. The van der Waals surface area contributed by atoms with Gasteiger partial charge in [-0.05, 0) is 35.4 Å². The van der Waals surface area contributed by atoms with Crippen LogP contribution in [0.1, 0.15) is 37.0 Å². The standard InChI is InChI=1S/C17H20OS/c1-2-3-13-19-16-11-9-15(10-12-16)17(18)14-7-5-4-6-8-14/h4-12,17-18H,2-3,13H2,1H3. The van der Waals surface area contributed by atoms with Gasteiger partial charge in [-0.2, -0.15) is 0 Å². The van der Waals surface area contributed by atoms with Crippen molar-refractivity contribution in [2.45, 2.75) is 30.8 Å². The summed E-state index contributed by atoms with van der Waals surface area (Å²) in [6.07, 6.45) is 1.95. The molecule has 19 heavy (non-hydrogen) atoms. The molecule has 0 radical (unpaired) electrons. The molecule has 2 heteroatoms. The van der Waals surface area contributed by atoms with Gasteiger partial charge < -0.3 is 5.11 Å². The van der Waals surface area contributed by atoms with Crippen molar-refractivity contribution in [3.63, 3.8) is 0 Å². The number of hydrogen-bond acceptors (Lipinski definition) is 2. The van der Waals surface area contributed by atoms with Gasteiger partial charge in [-0.1, -0.05) is 55.8 Å². The topological polar surface area (TPSA) is 20.2 Å². The van der Waals surface area contributed by atoms with Gasteiger partial charge in [0.15, 0.2) is 0 Å². The summed E-state index contributed by atoms with van der Waals surface area (Å²) in [5.41, 5.74) is 1.89. The fraction of sp³-hybridized carbons (Fsp3) is 0.294. The Kier molecular flexibility index (Phi) is 5.49. The summed E-state index contributed by atoms with van der Waals surface area (Å²) in [5, 5.41) is 10.3. The molecule has 2 rings (SSSR count). The SMILES string of the molecule is CCCCSc1ccc(C(O)c2ccccc2)cc1. The van der Waals surface area contributed by atoms with Crippen LogP contribution in [0.15, 0.2) is 59.5 Å². The minimum atomic E-state index is -0.532. The molecule has 2 aromatic carbocycles. The second kappa shape index (κ2) is 7.37. The number of thioether (sulfide) groups is 1. The van der Waals surface area contributed by atoms with E-state index in [1.165, 1.54) is 17.7 Å². The van der Waals surface area contributed by atoms with E-state index in [2.05, 4.69) is 19.1 Å². The van der Waals surface area contributed by atoms with Crippen LogP contribution < -0.4 is 0 Å². The predicted octanol–water partition coefficient (Wildman–Crippen LogP) is 4.66. The molecule has 0 aliphatic heterocycles. The Labute approximate surface area is 119 Å². The third kappa shape index (κ3) is 4.12. The van der Waals surface area contributed by atoms with E-state index in [-0.39, 0.29) is 0 Å². The summed E-state index contributed by atoms with van der Waals surface area (Å²) >= 11 is 1.88. The molecule has 0 fully saturated rings. The van der Waals surface area contributed by atoms with Gasteiger partial charge in [-0.15, -0.1) is 11.8 Å².